The number of hydrogen-bond acceptors (Lipinski definition) is 2. The van der Waals surface area contributed by atoms with E-state index in [-0.39, 0.29) is 0 Å². The van der Waals surface area contributed by atoms with E-state index >= 15 is 0 Å². The van der Waals surface area contributed by atoms with Gasteiger partial charge in [0.25, 0.3) is 0 Å². The van der Waals surface area contributed by atoms with Crippen LogP contribution in [-0.2, 0) is 5.88 Å². The van der Waals surface area contributed by atoms with E-state index in [9.17, 15) is 0 Å². The third-order valence-corrected chi connectivity index (χ3v) is 2.76. The molecule has 0 spiro atoms. The van der Waals surface area contributed by atoms with Crippen molar-refractivity contribution in [1.29, 1.82) is 0 Å². The van der Waals surface area contributed by atoms with Gasteiger partial charge in [0.1, 0.15) is 0 Å². The Morgan fingerprint density at radius 1 is 1.31 bits per heavy atom. The minimum Gasteiger partial charge on any atom is -0.493 e. The maximum atomic E-state index is 5.72. The summed E-state index contributed by atoms with van der Waals surface area (Å²) in [7, 11) is 3.24. The summed E-state index contributed by atoms with van der Waals surface area (Å²) in [6, 6.07) is 3.86. The molecule has 13 heavy (non-hydrogen) atoms. The van der Waals surface area contributed by atoms with Crippen LogP contribution in [0.25, 0.3) is 0 Å². The molecular weight excluding hydrogens is 302 g/mol. The lowest BCUT2D eigenvalue weighted by atomic mass is 10.2. The Bertz CT molecular complexity index is 302. The van der Waals surface area contributed by atoms with Gasteiger partial charge in [-0.2, -0.15) is 0 Å². The smallest absolute Gasteiger partial charge is 0.174 e. The van der Waals surface area contributed by atoms with Crippen LogP contribution >= 0.6 is 34.2 Å². The molecule has 0 amide bonds. The first-order valence-electron chi connectivity index (χ1n) is 3.69. The van der Waals surface area contributed by atoms with Crippen LogP contribution in [0.2, 0.25) is 0 Å². The summed E-state index contributed by atoms with van der Waals surface area (Å²) in [5, 5.41) is 0. The maximum Gasteiger partial charge on any atom is 0.174 e. The third kappa shape index (κ3) is 2.40. The standard InChI is InChI=1S/C9H10ClIO2/c1-12-8-4-6(5-10)3-7(11)9(8)13-2/h3-4H,5H2,1-2H3. The van der Waals surface area contributed by atoms with E-state index in [0.29, 0.717) is 5.88 Å². The molecule has 0 aromatic heterocycles. The predicted molar refractivity (Wildman–Crippen MR) is 61.8 cm³/mol. The lowest BCUT2D eigenvalue weighted by molar-refractivity contribution is 0.352. The normalized spacial score (nSPS) is 9.85. The summed E-state index contributed by atoms with van der Waals surface area (Å²) in [5.41, 5.74) is 1.03. The lowest BCUT2D eigenvalue weighted by Crippen LogP contribution is -1.94. The Hall–Kier alpha value is -0.160. The Morgan fingerprint density at radius 2 is 2.00 bits per heavy atom. The Labute approximate surface area is 96.3 Å². The molecular formula is C9H10ClIO2. The van der Waals surface area contributed by atoms with Crippen molar-refractivity contribution in [3.8, 4) is 11.5 Å². The number of hydrogen-bond donors (Lipinski definition) is 0. The fourth-order valence-electron chi connectivity index (χ4n) is 1.05. The van der Waals surface area contributed by atoms with E-state index in [1.807, 2.05) is 12.1 Å². The molecule has 0 radical (unpaired) electrons. The van der Waals surface area contributed by atoms with Gasteiger partial charge >= 0.3 is 0 Å². The van der Waals surface area contributed by atoms with Crippen molar-refractivity contribution in [2.45, 2.75) is 5.88 Å². The van der Waals surface area contributed by atoms with Crippen molar-refractivity contribution in [3.63, 3.8) is 0 Å². The summed E-state index contributed by atoms with van der Waals surface area (Å²) < 4.78 is 11.4. The van der Waals surface area contributed by atoms with Gasteiger partial charge in [-0.1, -0.05) is 0 Å². The second kappa shape index (κ2) is 4.91. The highest BCUT2D eigenvalue weighted by Crippen LogP contribution is 2.33. The number of benzene rings is 1. The zero-order valence-corrected chi connectivity index (χ0v) is 10.3. The van der Waals surface area contributed by atoms with Crippen LogP contribution < -0.4 is 9.47 Å². The van der Waals surface area contributed by atoms with Crippen molar-refractivity contribution in [2.75, 3.05) is 14.2 Å². The van der Waals surface area contributed by atoms with Crippen LogP contribution in [-0.4, -0.2) is 14.2 Å². The molecule has 1 rings (SSSR count). The average molecular weight is 313 g/mol. The largest absolute Gasteiger partial charge is 0.493 e. The van der Waals surface area contributed by atoms with Crippen LogP contribution in [0.3, 0.4) is 0 Å². The number of ether oxygens (including phenoxy) is 2. The molecule has 0 atom stereocenters. The van der Waals surface area contributed by atoms with Crippen molar-refractivity contribution < 1.29 is 9.47 Å². The summed E-state index contributed by atoms with van der Waals surface area (Å²) in [6.45, 7) is 0. The number of methoxy groups -OCH3 is 2. The SMILES string of the molecule is COc1cc(CCl)cc(I)c1OC. The summed E-state index contributed by atoms with van der Waals surface area (Å²) in [5.74, 6) is 1.97. The van der Waals surface area contributed by atoms with Crippen molar-refractivity contribution in [2.24, 2.45) is 0 Å². The van der Waals surface area contributed by atoms with Gasteiger partial charge in [0.15, 0.2) is 11.5 Å². The first-order chi connectivity index (χ1) is 6.22. The van der Waals surface area contributed by atoms with Gasteiger partial charge in [-0.3, -0.25) is 0 Å². The van der Waals surface area contributed by atoms with Crippen LogP contribution in [0.5, 0.6) is 11.5 Å². The quantitative estimate of drug-likeness (QED) is 0.631. The monoisotopic (exact) mass is 312 g/mol. The fraction of sp³-hybridized carbons (Fsp3) is 0.333. The van der Waals surface area contributed by atoms with Crippen LogP contribution in [0.4, 0.5) is 0 Å². The van der Waals surface area contributed by atoms with Gasteiger partial charge in [-0.25, -0.2) is 0 Å². The van der Waals surface area contributed by atoms with Crippen LogP contribution in [0.1, 0.15) is 5.56 Å². The number of rotatable bonds is 3. The highest BCUT2D eigenvalue weighted by Gasteiger charge is 2.09. The molecule has 1 aromatic carbocycles. The molecule has 0 fully saturated rings. The van der Waals surface area contributed by atoms with Crippen molar-refractivity contribution in [3.05, 3.63) is 21.3 Å². The topological polar surface area (TPSA) is 18.5 Å². The zero-order chi connectivity index (χ0) is 9.84. The number of halogens is 2. The molecule has 0 saturated carbocycles. The molecule has 72 valence electrons. The second-order valence-corrected chi connectivity index (χ2v) is 3.88. The van der Waals surface area contributed by atoms with E-state index in [1.54, 1.807) is 14.2 Å². The van der Waals surface area contributed by atoms with E-state index in [0.717, 1.165) is 20.6 Å². The Kier molecular flexibility index (Phi) is 4.12. The van der Waals surface area contributed by atoms with Crippen molar-refractivity contribution >= 4 is 34.2 Å². The molecule has 0 aliphatic carbocycles. The molecule has 0 heterocycles. The average Bonchev–Trinajstić information content (AvgIpc) is 2.16. The minimum atomic E-state index is 0.482. The lowest BCUT2D eigenvalue weighted by Gasteiger charge is -2.10. The highest BCUT2D eigenvalue weighted by molar-refractivity contribution is 14.1. The molecule has 0 bridgehead atoms. The Balaban J connectivity index is 3.20. The van der Waals surface area contributed by atoms with Gasteiger partial charge in [0, 0.05) is 5.88 Å². The molecule has 0 aliphatic heterocycles. The fourth-order valence-corrected chi connectivity index (χ4v) is 2.09. The molecule has 0 N–H and O–H groups in total. The van der Waals surface area contributed by atoms with Gasteiger partial charge in [0.2, 0.25) is 0 Å². The first-order valence-corrected chi connectivity index (χ1v) is 5.30. The highest BCUT2D eigenvalue weighted by atomic mass is 127. The Morgan fingerprint density at radius 3 is 2.46 bits per heavy atom. The van der Waals surface area contributed by atoms with E-state index in [2.05, 4.69) is 22.6 Å². The van der Waals surface area contributed by atoms with Gasteiger partial charge in [-0.05, 0) is 40.3 Å². The van der Waals surface area contributed by atoms with Crippen molar-refractivity contribution in [1.82, 2.24) is 0 Å². The second-order valence-electron chi connectivity index (χ2n) is 2.45. The first kappa shape index (κ1) is 10.9. The molecule has 0 aliphatic rings. The minimum absolute atomic E-state index is 0.482. The summed E-state index contributed by atoms with van der Waals surface area (Å²) in [6.07, 6.45) is 0. The number of alkyl halides is 1. The van der Waals surface area contributed by atoms with E-state index < -0.39 is 0 Å². The zero-order valence-electron chi connectivity index (χ0n) is 7.43. The molecule has 4 heteroatoms. The van der Waals surface area contributed by atoms with Gasteiger partial charge < -0.3 is 9.47 Å². The van der Waals surface area contributed by atoms with Gasteiger partial charge in [-0.15, -0.1) is 11.6 Å². The molecule has 1 aromatic rings. The van der Waals surface area contributed by atoms with E-state index in [4.69, 9.17) is 21.1 Å². The maximum absolute atomic E-state index is 5.72. The summed E-state index contributed by atoms with van der Waals surface area (Å²) >= 11 is 7.92. The van der Waals surface area contributed by atoms with Crippen LogP contribution in [0.15, 0.2) is 12.1 Å². The molecule has 2 nitrogen and oxygen atoms in total. The molecule has 0 unspecified atom stereocenters. The van der Waals surface area contributed by atoms with E-state index in [1.165, 1.54) is 0 Å². The predicted octanol–water partition coefficient (Wildman–Crippen LogP) is 3.05. The third-order valence-electron chi connectivity index (χ3n) is 1.65. The van der Waals surface area contributed by atoms with Crippen LogP contribution in [0, 0.1) is 3.57 Å². The molecule has 0 saturated heterocycles. The van der Waals surface area contributed by atoms with Gasteiger partial charge in [0.05, 0.1) is 17.8 Å². The summed E-state index contributed by atoms with van der Waals surface area (Å²) in [4.78, 5) is 0.